The maximum absolute atomic E-state index is 4.61. The van der Waals surface area contributed by atoms with E-state index in [1.165, 1.54) is 10.4 Å². The molecule has 3 nitrogen and oxygen atoms in total. The van der Waals surface area contributed by atoms with Crippen molar-refractivity contribution in [3.8, 4) is 0 Å². The van der Waals surface area contributed by atoms with Crippen LogP contribution in [0, 0.1) is 0 Å². The highest BCUT2D eigenvalue weighted by molar-refractivity contribution is 9.10. The van der Waals surface area contributed by atoms with Crippen LogP contribution in [0.1, 0.15) is 0 Å². The first kappa shape index (κ1) is 13.4. The highest BCUT2D eigenvalue weighted by Gasteiger charge is 2.05. The monoisotopic (exact) mass is 347 g/mol. The number of nitrogens with one attached hydrogen (secondary N) is 1. The molecule has 0 aliphatic rings. The van der Waals surface area contributed by atoms with Gasteiger partial charge in [-0.3, -0.25) is 0 Å². The lowest BCUT2D eigenvalue weighted by atomic mass is 10.2. The Morgan fingerprint density at radius 3 is 2.80 bits per heavy atom. The molecular formula is C15H14BrN3S. The fraction of sp³-hybridized carbons (Fsp3) is 0.133. The van der Waals surface area contributed by atoms with Crippen molar-refractivity contribution in [1.29, 1.82) is 0 Å². The van der Waals surface area contributed by atoms with Crippen LogP contribution in [0.5, 0.6) is 0 Å². The maximum atomic E-state index is 4.61. The number of benzene rings is 2. The minimum absolute atomic E-state index is 0.911. The third-order valence-electron chi connectivity index (χ3n) is 2.96. The van der Waals surface area contributed by atoms with Crippen molar-refractivity contribution in [2.45, 2.75) is 0 Å². The standard InChI is InChI=1S/C15H14BrN3S/c1-19(2)12-5-3-4-11(9-12)17-15-18-13-8-10(16)6-7-14(13)20-15/h3-9H,1-2H3,(H,17,18). The molecule has 0 aliphatic carbocycles. The van der Waals surface area contributed by atoms with Crippen molar-refractivity contribution >= 4 is 54.0 Å². The van der Waals surface area contributed by atoms with Crippen LogP contribution in [-0.2, 0) is 0 Å². The molecule has 0 aliphatic heterocycles. The normalized spacial score (nSPS) is 10.8. The van der Waals surface area contributed by atoms with Crippen molar-refractivity contribution in [1.82, 2.24) is 4.98 Å². The summed E-state index contributed by atoms with van der Waals surface area (Å²) in [5.74, 6) is 0. The first-order chi connectivity index (χ1) is 9.61. The minimum atomic E-state index is 0.911. The number of fused-ring (bicyclic) bond motifs is 1. The van der Waals surface area contributed by atoms with Gasteiger partial charge < -0.3 is 10.2 Å². The zero-order valence-corrected chi connectivity index (χ0v) is 13.6. The van der Waals surface area contributed by atoms with Crippen LogP contribution < -0.4 is 10.2 Å². The van der Waals surface area contributed by atoms with Crippen molar-refractivity contribution in [2.75, 3.05) is 24.3 Å². The number of anilines is 3. The molecule has 102 valence electrons. The van der Waals surface area contributed by atoms with E-state index in [1.54, 1.807) is 11.3 Å². The number of hydrogen-bond donors (Lipinski definition) is 1. The molecule has 0 fully saturated rings. The Bertz CT molecular complexity index is 752. The van der Waals surface area contributed by atoms with E-state index in [-0.39, 0.29) is 0 Å². The van der Waals surface area contributed by atoms with Gasteiger partial charge in [0, 0.05) is 29.9 Å². The van der Waals surface area contributed by atoms with Crippen molar-refractivity contribution in [3.63, 3.8) is 0 Å². The molecular weight excluding hydrogens is 334 g/mol. The van der Waals surface area contributed by atoms with E-state index < -0.39 is 0 Å². The first-order valence-electron chi connectivity index (χ1n) is 6.22. The van der Waals surface area contributed by atoms with Gasteiger partial charge in [-0.1, -0.05) is 33.3 Å². The van der Waals surface area contributed by atoms with Crippen LogP contribution in [0.4, 0.5) is 16.5 Å². The van der Waals surface area contributed by atoms with Gasteiger partial charge in [-0.05, 0) is 36.4 Å². The van der Waals surface area contributed by atoms with E-state index in [2.05, 4.69) is 55.4 Å². The zero-order chi connectivity index (χ0) is 14.1. The summed E-state index contributed by atoms with van der Waals surface area (Å²) in [5.41, 5.74) is 3.23. The molecule has 5 heteroatoms. The molecule has 0 bridgehead atoms. The van der Waals surface area contributed by atoms with Crippen LogP contribution in [0.2, 0.25) is 0 Å². The fourth-order valence-electron chi connectivity index (χ4n) is 1.94. The predicted octanol–water partition coefficient (Wildman–Crippen LogP) is 4.87. The Hall–Kier alpha value is -1.59. The Labute approximate surface area is 130 Å². The van der Waals surface area contributed by atoms with Gasteiger partial charge in [-0.2, -0.15) is 0 Å². The van der Waals surface area contributed by atoms with E-state index in [0.717, 1.165) is 20.8 Å². The third-order valence-corrected chi connectivity index (χ3v) is 4.41. The molecule has 3 rings (SSSR count). The van der Waals surface area contributed by atoms with Gasteiger partial charge in [0.25, 0.3) is 0 Å². The lowest BCUT2D eigenvalue weighted by Gasteiger charge is -2.13. The summed E-state index contributed by atoms with van der Waals surface area (Å²) in [7, 11) is 4.07. The van der Waals surface area contributed by atoms with Crippen molar-refractivity contribution in [3.05, 3.63) is 46.9 Å². The Kier molecular flexibility index (Phi) is 3.63. The number of rotatable bonds is 3. The van der Waals surface area contributed by atoms with Crippen LogP contribution in [0.25, 0.3) is 10.2 Å². The number of thiazole rings is 1. The topological polar surface area (TPSA) is 28.2 Å². The fourth-order valence-corrected chi connectivity index (χ4v) is 3.15. The Morgan fingerprint density at radius 1 is 1.15 bits per heavy atom. The molecule has 3 aromatic rings. The van der Waals surface area contributed by atoms with Gasteiger partial charge in [0.05, 0.1) is 10.2 Å². The SMILES string of the molecule is CN(C)c1cccc(Nc2nc3cc(Br)ccc3s2)c1. The maximum Gasteiger partial charge on any atom is 0.188 e. The van der Waals surface area contributed by atoms with Crippen LogP contribution in [-0.4, -0.2) is 19.1 Å². The highest BCUT2D eigenvalue weighted by Crippen LogP contribution is 2.30. The van der Waals surface area contributed by atoms with Gasteiger partial charge in [0.15, 0.2) is 5.13 Å². The highest BCUT2D eigenvalue weighted by atomic mass is 79.9. The van der Waals surface area contributed by atoms with Crippen LogP contribution in [0.15, 0.2) is 46.9 Å². The van der Waals surface area contributed by atoms with Crippen molar-refractivity contribution < 1.29 is 0 Å². The number of nitrogens with zero attached hydrogens (tertiary/aromatic N) is 2. The van der Waals surface area contributed by atoms with E-state index in [9.17, 15) is 0 Å². The van der Waals surface area contributed by atoms with Gasteiger partial charge in [-0.15, -0.1) is 0 Å². The number of hydrogen-bond acceptors (Lipinski definition) is 4. The Balaban J connectivity index is 1.90. The summed E-state index contributed by atoms with van der Waals surface area (Å²) in [6.45, 7) is 0. The van der Waals surface area contributed by atoms with E-state index >= 15 is 0 Å². The van der Waals surface area contributed by atoms with E-state index in [1.807, 2.05) is 32.3 Å². The summed E-state index contributed by atoms with van der Waals surface area (Å²) in [6, 6.07) is 14.4. The summed E-state index contributed by atoms with van der Waals surface area (Å²) in [6.07, 6.45) is 0. The smallest absolute Gasteiger partial charge is 0.188 e. The number of aromatic nitrogens is 1. The second-order valence-corrected chi connectivity index (χ2v) is 6.65. The predicted molar refractivity (Wildman–Crippen MR) is 91.4 cm³/mol. The summed E-state index contributed by atoms with van der Waals surface area (Å²) < 4.78 is 2.23. The zero-order valence-electron chi connectivity index (χ0n) is 11.2. The minimum Gasteiger partial charge on any atom is -0.378 e. The van der Waals surface area contributed by atoms with Crippen LogP contribution >= 0.6 is 27.3 Å². The molecule has 0 radical (unpaired) electrons. The molecule has 1 N–H and O–H groups in total. The third kappa shape index (κ3) is 2.78. The number of halogens is 1. The molecule has 1 aromatic heterocycles. The Morgan fingerprint density at radius 2 is 2.00 bits per heavy atom. The summed E-state index contributed by atoms with van der Waals surface area (Å²) >= 11 is 5.13. The van der Waals surface area contributed by atoms with Gasteiger partial charge in [0.2, 0.25) is 0 Å². The lowest BCUT2D eigenvalue weighted by molar-refractivity contribution is 1.13. The second-order valence-electron chi connectivity index (χ2n) is 4.70. The van der Waals surface area contributed by atoms with E-state index in [4.69, 9.17) is 0 Å². The van der Waals surface area contributed by atoms with Gasteiger partial charge in [-0.25, -0.2) is 4.98 Å². The lowest BCUT2D eigenvalue weighted by Crippen LogP contribution is -2.08. The molecule has 1 heterocycles. The molecule has 0 saturated heterocycles. The molecule has 0 saturated carbocycles. The van der Waals surface area contributed by atoms with E-state index in [0.29, 0.717) is 0 Å². The van der Waals surface area contributed by atoms with Gasteiger partial charge in [0.1, 0.15) is 0 Å². The largest absolute Gasteiger partial charge is 0.378 e. The van der Waals surface area contributed by atoms with Crippen LogP contribution in [0.3, 0.4) is 0 Å². The first-order valence-corrected chi connectivity index (χ1v) is 7.83. The molecule has 0 atom stereocenters. The summed E-state index contributed by atoms with van der Waals surface area (Å²) in [4.78, 5) is 6.69. The quantitative estimate of drug-likeness (QED) is 0.732. The average Bonchev–Trinajstić information content (AvgIpc) is 2.80. The molecule has 20 heavy (non-hydrogen) atoms. The molecule has 0 spiro atoms. The van der Waals surface area contributed by atoms with Crippen molar-refractivity contribution in [2.24, 2.45) is 0 Å². The second kappa shape index (κ2) is 5.42. The average molecular weight is 348 g/mol. The summed E-state index contributed by atoms with van der Waals surface area (Å²) in [5, 5.41) is 4.28. The molecule has 0 unspecified atom stereocenters. The molecule has 2 aromatic carbocycles. The molecule has 0 amide bonds. The van der Waals surface area contributed by atoms with Gasteiger partial charge >= 0.3 is 0 Å².